The van der Waals surface area contributed by atoms with Gasteiger partial charge in [-0.15, -0.1) is 0 Å². The molecule has 5 heteroatoms. The normalized spacial score (nSPS) is 14.0. The summed E-state index contributed by atoms with van der Waals surface area (Å²) in [6, 6.07) is 7.74. The van der Waals surface area contributed by atoms with Gasteiger partial charge in [-0.2, -0.15) is 4.98 Å². The molecule has 0 aromatic carbocycles. The summed E-state index contributed by atoms with van der Waals surface area (Å²) in [5, 5.41) is 3.26. The van der Waals surface area contributed by atoms with Gasteiger partial charge < -0.3 is 15.8 Å². The molecule has 1 aliphatic carbocycles. The molecule has 0 radical (unpaired) electrons. The fraction of sp³-hybridized carbons (Fsp3) is 0.375. The maximum atomic E-state index is 5.89. The third-order valence-corrected chi connectivity index (χ3v) is 3.49. The molecule has 3 N–H and O–H groups in total. The van der Waals surface area contributed by atoms with Gasteiger partial charge in [-0.25, -0.2) is 0 Å². The van der Waals surface area contributed by atoms with Crippen molar-refractivity contribution < 1.29 is 4.74 Å². The van der Waals surface area contributed by atoms with Crippen LogP contribution in [0.5, 0.6) is 5.88 Å². The van der Waals surface area contributed by atoms with Gasteiger partial charge in [0.1, 0.15) is 5.82 Å². The van der Waals surface area contributed by atoms with Gasteiger partial charge in [0.2, 0.25) is 5.88 Å². The van der Waals surface area contributed by atoms with E-state index in [4.69, 9.17) is 10.5 Å². The van der Waals surface area contributed by atoms with E-state index in [2.05, 4.69) is 21.4 Å². The Kier molecular flexibility index (Phi) is 3.90. The van der Waals surface area contributed by atoms with Crippen molar-refractivity contribution in [2.24, 2.45) is 5.92 Å². The van der Waals surface area contributed by atoms with Crippen LogP contribution >= 0.6 is 0 Å². The molecule has 1 saturated carbocycles. The average molecular weight is 284 g/mol. The molecule has 1 aliphatic rings. The van der Waals surface area contributed by atoms with E-state index >= 15 is 0 Å². The maximum absolute atomic E-state index is 5.89. The Hall–Kier alpha value is -2.30. The van der Waals surface area contributed by atoms with Gasteiger partial charge in [0.05, 0.1) is 12.3 Å². The third kappa shape index (κ3) is 3.84. The fourth-order valence-electron chi connectivity index (χ4n) is 1.94. The molecule has 0 aliphatic heterocycles. The average Bonchev–Trinajstić information content (AvgIpc) is 3.31. The Morgan fingerprint density at radius 1 is 1.29 bits per heavy atom. The highest BCUT2D eigenvalue weighted by molar-refractivity contribution is 5.53. The summed E-state index contributed by atoms with van der Waals surface area (Å²) in [5.41, 5.74) is 8.60. The Bertz CT molecular complexity index is 608. The van der Waals surface area contributed by atoms with Crippen molar-refractivity contribution in [3.63, 3.8) is 0 Å². The molecular formula is C16H20N4O. The number of nitrogens with zero attached hydrogens (tertiary/aromatic N) is 2. The minimum Gasteiger partial charge on any atom is -0.476 e. The highest BCUT2D eigenvalue weighted by Gasteiger charge is 2.22. The van der Waals surface area contributed by atoms with Crippen LogP contribution in [0.3, 0.4) is 0 Å². The lowest BCUT2D eigenvalue weighted by Gasteiger charge is -2.10. The van der Waals surface area contributed by atoms with Gasteiger partial charge in [0.25, 0.3) is 0 Å². The number of pyridine rings is 2. The molecule has 0 atom stereocenters. The van der Waals surface area contributed by atoms with Crippen LogP contribution < -0.4 is 15.8 Å². The number of rotatable bonds is 6. The van der Waals surface area contributed by atoms with Crippen molar-refractivity contribution in [3.8, 4) is 5.88 Å². The number of aryl methyl sites for hydroxylation is 1. The van der Waals surface area contributed by atoms with E-state index in [0.29, 0.717) is 30.6 Å². The minimum absolute atomic E-state index is 0.522. The molecular weight excluding hydrogens is 264 g/mol. The number of hydrogen-bond donors (Lipinski definition) is 2. The van der Waals surface area contributed by atoms with Crippen LogP contribution in [0.4, 0.5) is 11.5 Å². The molecule has 5 nitrogen and oxygen atoms in total. The van der Waals surface area contributed by atoms with Crippen molar-refractivity contribution in [2.75, 3.05) is 17.7 Å². The monoisotopic (exact) mass is 284 g/mol. The SMILES string of the molecule is Cc1ccc(CNc2ccc(N)c(OCC3CC3)n2)cn1. The van der Waals surface area contributed by atoms with Crippen LogP contribution in [0, 0.1) is 12.8 Å². The minimum atomic E-state index is 0.522. The molecule has 0 unspecified atom stereocenters. The lowest BCUT2D eigenvalue weighted by Crippen LogP contribution is -2.07. The lowest BCUT2D eigenvalue weighted by atomic mass is 10.2. The summed E-state index contributed by atoms with van der Waals surface area (Å²) in [6.45, 7) is 3.36. The van der Waals surface area contributed by atoms with Crippen LogP contribution in [-0.2, 0) is 6.54 Å². The molecule has 0 bridgehead atoms. The van der Waals surface area contributed by atoms with E-state index in [1.807, 2.05) is 31.3 Å². The Morgan fingerprint density at radius 3 is 2.86 bits per heavy atom. The second kappa shape index (κ2) is 5.99. The van der Waals surface area contributed by atoms with Crippen LogP contribution in [0.1, 0.15) is 24.1 Å². The Balaban J connectivity index is 1.61. The number of nitrogens with two attached hydrogens (primary N) is 1. The zero-order chi connectivity index (χ0) is 14.7. The molecule has 110 valence electrons. The molecule has 3 rings (SSSR count). The molecule has 21 heavy (non-hydrogen) atoms. The van der Waals surface area contributed by atoms with Gasteiger partial charge in [-0.05, 0) is 49.4 Å². The summed E-state index contributed by atoms with van der Waals surface area (Å²) < 4.78 is 5.68. The predicted octanol–water partition coefficient (Wildman–Crippen LogP) is 2.77. The van der Waals surface area contributed by atoms with Crippen molar-refractivity contribution in [2.45, 2.75) is 26.3 Å². The summed E-state index contributed by atoms with van der Waals surface area (Å²) in [7, 11) is 0. The van der Waals surface area contributed by atoms with Crippen molar-refractivity contribution in [1.82, 2.24) is 9.97 Å². The second-order valence-electron chi connectivity index (χ2n) is 5.51. The predicted molar refractivity (Wildman–Crippen MR) is 83.2 cm³/mol. The van der Waals surface area contributed by atoms with Gasteiger partial charge in [0, 0.05) is 18.4 Å². The smallest absolute Gasteiger partial charge is 0.239 e. The lowest BCUT2D eigenvalue weighted by molar-refractivity contribution is 0.290. The first-order valence-electron chi connectivity index (χ1n) is 7.25. The van der Waals surface area contributed by atoms with E-state index in [-0.39, 0.29) is 0 Å². The first kappa shape index (κ1) is 13.7. The van der Waals surface area contributed by atoms with Crippen LogP contribution in [-0.4, -0.2) is 16.6 Å². The number of aromatic nitrogens is 2. The molecule has 2 heterocycles. The van der Waals surface area contributed by atoms with Gasteiger partial charge in [-0.1, -0.05) is 6.07 Å². The summed E-state index contributed by atoms with van der Waals surface area (Å²) >= 11 is 0. The molecule has 0 spiro atoms. The summed E-state index contributed by atoms with van der Waals surface area (Å²) in [5.74, 6) is 1.96. The van der Waals surface area contributed by atoms with Gasteiger partial charge in [0.15, 0.2) is 0 Å². The number of anilines is 2. The van der Waals surface area contributed by atoms with E-state index in [1.54, 1.807) is 0 Å². The van der Waals surface area contributed by atoms with Crippen molar-refractivity contribution in [3.05, 3.63) is 41.7 Å². The summed E-state index contributed by atoms with van der Waals surface area (Å²) in [4.78, 5) is 8.70. The molecule has 2 aromatic heterocycles. The maximum Gasteiger partial charge on any atom is 0.239 e. The van der Waals surface area contributed by atoms with Gasteiger partial charge in [-0.3, -0.25) is 4.98 Å². The van der Waals surface area contributed by atoms with E-state index in [9.17, 15) is 0 Å². The number of nitrogens with one attached hydrogen (secondary N) is 1. The van der Waals surface area contributed by atoms with Crippen molar-refractivity contribution in [1.29, 1.82) is 0 Å². The first-order chi connectivity index (χ1) is 10.2. The molecule has 1 fully saturated rings. The van der Waals surface area contributed by atoms with Crippen LogP contribution in [0.15, 0.2) is 30.5 Å². The quantitative estimate of drug-likeness (QED) is 0.853. The molecule has 0 amide bonds. The Labute approximate surface area is 124 Å². The zero-order valence-corrected chi connectivity index (χ0v) is 12.2. The first-order valence-corrected chi connectivity index (χ1v) is 7.25. The zero-order valence-electron chi connectivity index (χ0n) is 12.2. The third-order valence-electron chi connectivity index (χ3n) is 3.49. The van der Waals surface area contributed by atoms with E-state index < -0.39 is 0 Å². The highest BCUT2D eigenvalue weighted by Crippen LogP contribution is 2.30. The fourth-order valence-corrected chi connectivity index (χ4v) is 1.94. The number of hydrogen-bond acceptors (Lipinski definition) is 5. The van der Waals surface area contributed by atoms with Crippen LogP contribution in [0.25, 0.3) is 0 Å². The topological polar surface area (TPSA) is 73.1 Å². The van der Waals surface area contributed by atoms with Gasteiger partial charge >= 0.3 is 0 Å². The van der Waals surface area contributed by atoms with E-state index in [0.717, 1.165) is 17.1 Å². The second-order valence-corrected chi connectivity index (χ2v) is 5.51. The molecule has 0 saturated heterocycles. The standard InChI is InChI=1S/C16H20N4O/c1-11-2-3-13(8-18-11)9-19-15-7-6-14(17)16(20-15)21-10-12-4-5-12/h2-3,6-8,12H,4-5,9-10,17H2,1H3,(H,19,20). The largest absolute Gasteiger partial charge is 0.476 e. The number of ether oxygens (including phenoxy) is 1. The van der Waals surface area contributed by atoms with Crippen molar-refractivity contribution >= 4 is 11.5 Å². The van der Waals surface area contributed by atoms with Crippen LogP contribution in [0.2, 0.25) is 0 Å². The molecule has 2 aromatic rings. The summed E-state index contributed by atoms with van der Waals surface area (Å²) in [6.07, 6.45) is 4.36. The highest BCUT2D eigenvalue weighted by atomic mass is 16.5. The Morgan fingerprint density at radius 2 is 2.14 bits per heavy atom. The van der Waals surface area contributed by atoms with E-state index in [1.165, 1.54) is 12.8 Å². The number of nitrogen functional groups attached to an aromatic ring is 1.